The van der Waals surface area contributed by atoms with Crippen LogP contribution in [0, 0.1) is 0 Å². The van der Waals surface area contributed by atoms with Gasteiger partial charge < -0.3 is 5.73 Å². The van der Waals surface area contributed by atoms with Crippen molar-refractivity contribution < 1.29 is 0 Å². The Morgan fingerprint density at radius 2 is 2.00 bits per heavy atom. The molecule has 100 valence electrons. The molecular formula is C16H26N2. The normalized spacial score (nSPS) is 17.1. The summed E-state index contributed by atoms with van der Waals surface area (Å²) in [6.45, 7) is 4.27. The average Bonchev–Trinajstić information content (AvgIpc) is 3.23. The predicted molar refractivity (Wildman–Crippen MR) is 77.5 cm³/mol. The van der Waals surface area contributed by atoms with Gasteiger partial charge in [-0.25, -0.2) is 0 Å². The molecule has 1 aromatic carbocycles. The smallest absolute Gasteiger partial charge is 0.0363 e. The van der Waals surface area contributed by atoms with Crippen LogP contribution in [0.3, 0.4) is 0 Å². The van der Waals surface area contributed by atoms with Crippen LogP contribution in [0.2, 0.25) is 0 Å². The fourth-order valence-corrected chi connectivity index (χ4v) is 2.70. The fourth-order valence-electron chi connectivity index (χ4n) is 2.70. The van der Waals surface area contributed by atoms with Crippen molar-refractivity contribution in [3.05, 3.63) is 35.9 Å². The zero-order valence-electron chi connectivity index (χ0n) is 11.5. The van der Waals surface area contributed by atoms with E-state index >= 15 is 0 Å². The van der Waals surface area contributed by atoms with Gasteiger partial charge in [-0.05, 0) is 44.3 Å². The Kier molecular flexibility index (Phi) is 5.21. The maximum Gasteiger partial charge on any atom is 0.0363 e. The van der Waals surface area contributed by atoms with E-state index in [1.807, 2.05) is 0 Å². The molecule has 2 nitrogen and oxygen atoms in total. The summed E-state index contributed by atoms with van der Waals surface area (Å²) in [6, 6.07) is 12.2. The van der Waals surface area contributed by atoms with E-state index in [1.165, 1.54) is 37.8 Å². The average molecular weight is 246 g/mol. The Morgan fingerprint density at radius 3 is 2.56 bits per heavy atom. The summed E-state index contributed by atoms with van der Waals surface area (Å²) in [5.41, 5.74) is 7.26. The van der Waals surface area contributed by atoms with Crippen LogP contribution >= 0.6 is 0 Å². The molecule has 0 saturated heterocycles. The second-order valence-corrected chi connectivity index (χ2v) is 5.33. The first-order valence-corrected chi connectivity index (χ1v) is 7.37. The molecule has 1 unspecified atom stereocenters. The van der Waals surface area contributed by atoms with Crippen molar-refractivity contribution in [2.24, 2.45) is 5.73 Å². The summed E-state index contributed by atoms with van der Waals surface area (Å²) in [5, 5.41) is 0. The molecule has 2 N–H and O–H groups in total. The summed E-state index contributed by atoms with van der Waals surface area (Å²) in [4.78, 5) is 2.70. The molecule has 2 heteroatoms. The summed E-state index contributed by atoms with van der Waals surface area (Å²) in [5.74, 6) is 0. The van der Waals surface area contributed by atoms with E-state index in [-0.39, 0.29) is 0 Å². The maximum absolute atomic E-state index is 5.83. The number of hydrogen-bond acceptors (Lipinski definition) is 2. The summed E-state index contributed by atoms with van der Waals surface area (Å²) in [6.07, 6.45) is 6.39. The lowest BCUT2D eigenvalue weighted by Crippen LogP contribution is -2.33. The number of unbranched alkanes of at least 4 members (excludes halogenated alkanes) is 1. The molecule has 0 bridgehead atoms. The van der Waals surface area contributed by atoms with Gasteiger partial charge in [0.1, 0.15) is 0 Å². The van der Waals surface area contributed by atoms with Gasteiger partial charge in [-0.3, -0.25) is 4.90 Å². The van der Waals surface area contributed by atoms with Gasteiger partial charge in [0.25, 0.3) is 0 Å². The highest BCUT2D eigenvalue weighted by Gasteiger charge is 2.33. The Bertz CT molecular complexity index is 332. The van der Waals surface area contributed by atoms with Gasteiger partial charge in [-0.15, -0.1) is 0 Å². The molecule has 18 heavy (non-hydrogen) atoms. The first-order valence-electron chi connectivity index (χ1n) is 7.37. The van der Waals surface area contributed by atoms with E-state index in [0.29, 0.717) is 6.04 Å². The van der Waals surface area contributed by atoms with Crippen molar-refractivity contribution >= 4 is 0 Å². The minimum Gasteiger partial charge on any atom is -0.330 e. The van der Waals surface area contributed by atoms with Gasteiger partial charge in [0.2, 0.25) is 0 Å². The molecular weight excluding hydrogens is 220 g/mol. The molecule has 0 radical (unpaired) electrons. The van der Waals surface area contributed by atoms with Crippen molar-refractivity contribution in [3.8, 4) is 0 Å². The Morgan fingerprint density at radius 1 is 1.28 bits per heavy atom. The summed E-state index contributed by atoms with van der Waals surface area (Å²) >= 11 is 0. The molecule has 0 amide bonds. The molecule has 1 aromatic rings. The van der Waals surface area contributed by atoms with E-state index < -0.39 is 0 Å². The molecule has 1 saturated carbocycles. The van der Waals surface area contributed by atoms with E-state index in [4.69, 9.17) is 5.73 Å². The van der Waals surface area contributed by atoms with Crippen LogP contribution in [0.1, 0.15) is 50.6 Å². The van der Waals surface area contributed by atoms with E-state index in [0.717, 1.165) is 19.0 Å². The molecule has 0 spiro atoms. The van der Waals surface area contributed by atoms with Gasteiger partial charge in [0.15, 0.2) is 0 Å². The second-order valence-electron chi connectivity index (χ2n) is 5.33. The molecule has 0 heterocycles. The maximum atomic E-state index is 5.83. The molecule has 1 aliphatic rings. The quantitative estimate of drug-likeness (QED) is 0.762. The number of rotatable bonds is 8. The van der Waals surface area contributed by atoms with E-state index in [9.17, 15) is 0 Å². The van der Waals surface area contributed by atoms with Crippen molar-refractivity contribution in [3.63, 3.8) is 0 Å². The van der Waals surface area contributed by atoms with Crippen LogP contribution in [0.5, 0.6) is 0 Å². The third kappa shape index (κ3) is 3.56. The molecule has 0 aromatic heterocycles. The minimum atomic E-state index is 0.523. The zero-order valence-corrected chi connectivity index (χ0v) is 11.5. The minimum absolute atomic E-state index is 0.523. The molecule has 1 fully saturated rings. The van der Waals surface area contributed by atoms with Crippen molar-refractivity contribution in [1.82, 2.24) is 4.90 Å². The molecule has 1 aliphatic carbocycles. The van der Waals surface area contributed by atoms with Gasteiger partial charge in [0, 0.05) is 12.1 Å². The molecule has 2 rings (SSSR count). The van der Waals surface area contributed by atoms with Crippen LogP contribution in [0.15, 0.2) is 30.3 Å². The Hall–Kier alpha value is -0.860. The van der Waals surface area contributed by atoms with Gasteiger partial charge >= 0.3 is 0 Å². The van der Waals surface area contributed by atoms with Crippen LogP contribution in [-0.4, -0.2) is 24.0 Å². The fraction of sp³-hybridized carbons (Fsp3) is 0.625. The van der Waals surface area contributed by atoms with Gasteiger partial charge in [-0.1, -0.05) is 43.7 Å². The van der Waals surface area contributed by atoms with E-state index in [2.05, 4.69) is 42.2 Å². The third-order valence-electron chi connectivity index (χ3n) is 3.81. The lowest BCUT2D eigenvalue weighted by molar-refractivity contribution is 0.176. The van der Waals surface area contributed by atoms with Gasteiger partial charge in [-0.2, -0.15) is 0 Å². The van der Waals surface area contributed by atoms with Crippen LogP contribution < -0.4 is 5.73 Å². The number of hydrogen-bond donors (Lipinski definition) is 1. The van der Waals surface area contributed by atoms with Crippen molar-refractivity contribution in [1.29, 1.82) is 0 Å². The Labute approximate surface area is 111 Å². The summed E-state index contributed by atoms with van der Waals surface area (Å²) < 4.78 is 0. The highest BCUT2D eigenvalue weighted by Crippen LogP contribution is 2.36. The third-order valence-corrected chi connectivity index (χ3v) is 3.81. The SMILES string of the molecule is CCCCN(C1CC1)C(CCN)c1ccccc1. The van der Waals surface area contributed by atoms with Crippen LogP contribution in [0.25, 0.3) is 0 Å². The summed E-state index contributed by atoms with van der Waals surface area (Å²) in [7, 11) is 0. The lowest BCUT2D eigenvalue weighted by atomic mass is 10.0. The first-order chi connectivity index (χ1) is 8.86. The predicted octanol–water partition coefficient (Wildman–Crippen LogP) is 3.34. The Balaban J connectivity index is 2.10. The molecule has 0 aliphatic heterocycles. The number of nitrogens with two attached hydrogens (primary N) is 1. The first kappa shape index (κ1) is 13.6. The van der Waals surface area contributed by atoms with Crippen LogP contribution in [-0.2, 0) is 0 Å². The largest absolute Gasteiger partial charge is 0.330 e. The molecule has 1 atom stereocenters. The van der Waals surface area contributed by atoms with Gasteiger partial charge in [0.05, 0.1) is 0 Å². The second kappa shape index (κ2) is 6.91. The van der Waals surface area contributed by atoms with Crippen molar-refractivity contribution in [2.75, 3.05) is 13.1 Å². The van der Waals surface area contributed by atoms with E-state index in [1.54, 1.807) is 0 Å². The lowest BCUT2D eigenvalue weighted by Gasteiger charge is -2.32. The van der Waals surface area contributed by atoms with Crippen LogP contribution in [0.4, 0.5) is 0 Å². The topological polar surface area (TPSA) is 29.3 Å². The number of nitrogens with zero attached hydrogens (tertiary/aromatic N) is 1. The van der Waals surface area contributed by atoms with Crippen molar-refractivity contribution in [2.45, 2.75) is 51.1 Å². The zero-order chi connectivity index (χ0) is 12.8. The number of benzene rings is 1. The standard InChI is InChI=1S/C16H26N2/c1-2-3-13-18(15-9-10-15)16(11-12-17)14-7-5-4-6-8-14/h4-8,15-16H,2-3,9-13,17H2,1H3. The monoisotopic (exact) mass is 246 g/mol. The highest BCUT2D eigenvalue weighted by molar-refractivity contribution is 5.19. The highest BCUT2D eigenvalue weighted by atomic mass is 15.2.